The molecule has 1 aliphatic heterocycles. The number of rotatable bonds is 29. The van der Waals surface area contributed by atoms with Crippen molar-refractivity contribution in [1.82, 2.24) is 74.7 Å². The Morgan fingerprint density at radius 3 is 1.03 bits per heavy atom. The molecular formula is C64H87Cl2N15O6S4. The van der Waals surface area contributed by atoms with Crippen molar-refractivity contribution in [2.45, 2.75) is 156 Å². The van der Waals surface area contributed by atoms with E-state index in [4.69, 9.17) is 16.7 Å². The number of carboxylic acids is 1. The number of carbonyl (C=O) groups excluding carboxylic acids is 2. The van der Waals surface area contributed by atoms with Gasteiger partial charge in [-0.15, -0.1) is 71.1 Å². The molecule has 0 bridgehead atoms. The molecule has 0 radical (unpaired) electrons. The summed E-state index contributed by atoms with van der Waals surface area (Å²) < 4.78 is 4.61. The van der Waals surface area contributed by atoms with Crippen LogP contribution < -0.4 is 0 Å². The maximum atomic E-state index is 12.5. The summed E-state index contributed by atoms with van der Waals surface area (Å²) in [7, 11) is 1.33. The molecule has 1 amide bonds. The summed E-state index contributed by atoms with van der Waals surface area (Å²) in [5.74, 6) is 4.79. The number of aliphatic hydroxyl groups excluding tert-OH is 1. The number of piperidine rings is 1. The van der Waals surface area contributed by atoms with E-state index in [9.17, 15) is 19.5 Å². The minimum atomic E-state index is -1.05. The topological polar surface area (TPSA) is 285 Å². The van der Waals surface area contributed by atoms with Gasteiger partial charge >= 0.3 is 11.9 Å². The first-order chi connectivity index (χ1) is 43.5. The standard InChI is InChI=1S/C21H29N5O2S.C17H22N4O2S.C16H20N4O2S.C10H15ClN2S.ClH/c1-15(4-6-20-24-12-18(29-2)13-25-20)3-5-16-11-23-19(14-22-16)21(28)26-9-7-17(27)8-10-26;1-12(5-7-16-20-9-14(24-3)10-21-16)4-6-13-8-19-15(11-18-13)17(22)23-2;1-11(4-6-15-19-8-13(23-2)9-20-15)3-5-12-7-18-14(10-17-12)16(21)22;1-8(5-11)3-4-10-12-6-9(14-2)7-13-10;/h11-15,17,27H,3-10H2,1-2H3;8-12H,4-7H2,1-3H3;7-11H,3-6H2,1-2H3,(H,21,22);6-8H,3-5H2,1-2H3;1H. The molecule has 0 aromatic carbocycles. The van der Waals surface area contributed by atoms with Gasteiger partial charge in [-0.25, -0.2) is 64.4 Å². The van der Waals surface area contributed by atoms with Crippen molar-refractivity contribution >= 4 is 88.9 Å². The molecule has 91 heavy (non-hydrogen) atoms. The zero-order chi connectivity index (χ0) is 65.0. The van der Waals surface area contributed by atoms with Gasteiger partial charge in [-0.05, 0) is 126 Å². The van der Waals surface area contributed by atoms with Crippen molar-refractivity contribution in [3.63, 3.8) is 0 Å². The SMILES string of the molecule is COC(=O)c1cnc(CCC(C)CCc2ncc(SC)cn2)cn1.CSc1cnc(CCC(C)CCc2cnc(C(=O)N3CCC(O)CC3)cn2)nc1.CSc1cnc(CCC(C)CCc2cnc(C(=O)O)cn2)nc1.CSc1cnc(CCC(C)CCl)nc1.Cl. The summed E-state index contributed by atoms with van der Waals surface area (Å²) in [6.45, 7) is 9.92. The first-order valence-electron chi connectivity index (χ1n) is 30.2. The number of aromatic nitrogens is 14. The lowest BCUT2D eigenvalue weighted by atomic mass is 9.98. The van der Waals surface area contributed by atoms with Crippen LogP contribution in [0.3, 0.4) is 0 Å². The molecule has 1 aliphatic rings. The lowest BCUT2D eigenvalue weighted by Gasteiger charge is -2.29. The molecule has 8 rings (SSSR count). The van der Waals surface area contributed by atoms with Crippen molar-refractivity contribution in [2.75, 3.05) is 51.1 Å². The van der Waals surface area contributed by atoms with E-state index < -0.39 is 11.9 Å². The molecule has 7 aromatic heterocycles. The predicted molar refractivity (Wildman–Crippen MR) is 364 cm³/mol. The number of hydrogen-bond acceptors (Lipinski definition) is 23. The molecule has 4 unspecified atom stereocenters. The number of esters is 1. The molecule has 27 heteroatoms. The average molecular weight is 1360 g/mol. The highest BCUT2D eigenvalue weighted by molar-refractivity contribution is 7.99. The zero-order valence-electron chi connectivity index (χ0n) is 53.6. The van der Waals surface area contributed by atoms with E-state index in [0.717, 1.165) is 150 Å². The van der Waals surface area contributed by atoms with Gasteiger partial charge in [0, 0.05) is 132 Å². The Hall–Kier alpha value is -6.09. The number of halogens is 2. The molecule has 4 atom stereocenters. The number of aliphatic hydroxyl groups is 1. The molecule has 8 heterocycles. The van der Waals surface area contributed by atoms with E-state index in [1.54, 1.807) is 76.7 Å². The maximum Gasteiger partial charge on any atom is 0.358 e. The fourth-order valence-corrected chi connectivity index (χ4v) is 10.0. The summed E-state index contributed by atoms with van der Waals surface area (Å²) >= 11 is 12.3. The second kappa shape index (κ2) is 43.7. The highest BCUT2D eigenvalue weighted by Gasteiger charge is 2.23. The van der Waals surface area contributed by atoms with Gasteiger partial charge in [-0.3, -0.25) is 19.7 Å². The van der Waals surface area contributed by atoms with Crippen molar-refractivity contribution in [3.05, 3.63) is 144 Å². The van der Waals surface area contributed by atoms with Crippen LogP contribution in [-0.4, -0.2) is 160 Å². The minimum absolute atomic E-state index is 0. The van der Waals surface area contributed by atoms with Gasteiger partial charge in [0.25, 0.3) is 5.91 Å². The number of carbonyl (C=O) groups is 3. The average Bonchev–Trinajstić information content (AvgIpc) is 3.75. The minimum Gasteiger partial charge on any atom is -0.476 e. The smallest absolute Gasteiger partial charge is 0.358 e. The summed E-state index contributed by atoms with van der Waals surface area (Å²) in [6.07, 6.45) is 46.4. The van der Waals surface area contributed by atoms with Crippen LogP contribution in [0.4, 0.5) is 0 Å². The Balaban J connectivity index is 0.000000265. The molecule has 0 aliphatic carbocycles. The quantitative estimate of drug-likeness (QED) is 0.0250. The van der Waals surface area contributed by atoms with Crippen LogP contribution in [0.15, 0.2) is 106 Å². The molecule has 0 spiro atoms. The fraction of sp³-hybridized carbons (Fsp3) is 0.516. The van der Waals surface area contributed by atoms with Gasteiger partial charge in [-0.2, -0.15) is 0 Å². The lowest BCUT2D eigenvalue weighted by molar-refractivity contribution is 0.0539. The van der Waals surface area contributed by atoms with Gasteiger partial charge in [0.05, 0.1) is 48.9 Å². The van der Waals surface area contributed by atoms with Gasteiger partial charge in [0.1, 0.15) is 29.0 Å². The first-order valence-corrected chi connectivity index (χ1v) is 35.6. The summed E-state index contributed by atoms with van der Waals surface area (Å²) in [4.78, 5) is 101. The van der Waals surface area contributed by atoms with Gasteiger partial charge in [0.15, 0.2) is 11.4 Å². The monoisotopic (exact) mass is 1360 g/mol. The van der Waals surface area contributed by atoms with Crippen molar-refractivity contribution in [3.8, 4) is 0 Å². The largest absolute Gasteiger partial charge is 0.476 e. The lowest BCUT2D eigenvalue weighted by Crippen LogP contribution is -2.40. The van der Waals surface area contributed by atoms with E-state index >= 15 is 0 Å². The number of amides is 1. The molecule has 7 aromatic rings. The van der Waals surface area contributed by atoms with E-state index in [2.05, 4.69) is 102 Å². The normalized spacial score (nSPS) is 13.3. The zero-order valence-corrected chi connectivity index (χ0v) is 58.4. The summed E-state index contributed by atoms with van der Waals surface area (Å²) in [6, 6.07) is 0. The van der Waals surface area contributed by atoms with Crippen LogP contribution in [0.1, 0.15) is 157 Å². The van der Waals surface area contributed by atoms with Crippen LogP contribution in [0, 0.1) is 23.7 Å². The molecule has 0 saturated carbocycles. The van der Waals surface area contributed by atoms with Crippen molar-refractivity contribution < 1.29 is 29.3 Å². The van der Waals surface area contributed by atoms with Crippen LogP contribution in [0.25, 0.3) is 0 Å². The number of methoxy groups -OCH3 is 1. The highest BCUT2D eigenvalue weighted by atomic mass is 35.5. The van der Waals surface area contributed by atoms with Crippen LogP contribution in [-0.2, 0) is 49.7 Å². The van der Waals surface area contributed by atoms with E-state index in [1.807, 2.05) is 74.6 Å². The number of ether oxygens (including phenoxy) is 1. The first kappa shape index (κ1) is 77.4. The van der Waals surface area contributed by atoms with Gasteiger partial charge < -0.3 is 19.8 Å². The number of nitrogens with zero attached hydrogens (tertiary/aromatic N) is 15. The number of hydrogen-bond donors (Lipinski definition) is 2. The Morgan fingerprint density at radius 2 is 0.758 bits per heavy atom. The second-order valence-corrected chi connectivity index (χ2v) is 25.8. The second-order valence-electron chi connectivity index (χ2n) is 22.0. The van der Waals surface area contributed by atoms with Crippen LogP contribution >= 0.6 is 71.1 Å². The van der Waals surface area contributed by atoms with Gasteiger partial charge in [0.2, 0.25) is 0 Å². The third kappa shape index (κ3) is 30.0. The highest BCUT2D eigenvalue weighted by Crippen LogP contribution is 2.21. The van der Waals surface area contributed by atoms with Crippen LogP contribution in [0.2, 0.25) is 0 Å². The number of thioether (sulfide) groups is 4. The molecule has 1 saturated heterocycles. The third-order valence-electron chi connectivity index (χ3n) is 14.8. The Labute approximate surface area is 564 Å². The Kier molecular flexibility index (Phi) is 37.1. The molecule has 2 N–H and O–H groups in total. The maximum absolute atomic E-state index is 12.5. The van der Waals surface area contributed by atoms with E-state index in [1.165, 1.54) is 19.5 Å². The molecule has 492 valence electrons. The van der Waals surface area contributed by atoms with Crippen molar-refractivity contribution in [2.24, 2.45) is 23.7 Å². The third-order valence-corrected chi connectivity index (χ3v) is 18.0. The molecule has 21 nitrogen and oxygen atoms in total. The number of alkyl halides is 1. The number of aromatic carboxylic acids is 1. The van der Waals surface area contributed by atoms with E-state index in [-0.39, 0.29) is 35.8 Å². The van der Waals surface area contributed by atoms with Gasteiger partial charge in [-0.1, -0.05) is 27.7 Å². The number of aryl methyl sites for hydroxylation is 7. The Bertz CT molecular complexity index is 3150. The van der Waals surface area contributed by atoms with Crippen LogP contribution in [0.5, 0.6) is 0 Å². The number of carboxylic acid groups (broad SMARTS) is 1. The summed E-state index contributed by atoms with van der Waals surface area (Å²) in [5, 5.41) is 18.4. The molecule has 1 fully saturated rings. The Morgan fingerprint density at radius 1 is 0.462 bits per heavy atom. The number of likely N-dealkylation sites (tertiary alicyclic amines) is 1. The van der Waals surface area contributed by atoms with E-state index in [0.29, 0.717) is 61.2 Å². The predicted octanol–water partition coefficient (Wildman–Crippen LogP) is 12.1. The fourth-order valence-electron chi connectivity index (χ4n) is 8.62. The molecular weight excluding hydrogens is 1270 g/mol. The summed E-state index contributed by atoms with van der Waals surface area (Å²) in [5.41, 5.74) is 3.21. The van der Waals surface area contributed by atoms with Crippen molar-refractivity contribution in [1.29, 1.82) is 0 Å².